The lowest BCUT2D eigenvalue weighted by atomic mass is 10.0. The second kappa shape index (κ2) is 4.88. The zero-order chi connectivity index (χ0) is 11.7. The first-order valence-electron chi connectivity index (χ1n) is 4.84. The van der Waals surface area contributed by atoms with Gasteiger partial charge in [-0.3, -0.25) is 0 Å². The fraction of sp³-hybridized carbons (Fsp3) is 0.167. The number of hydrogen-bond acceptors (Lipinski definition) is 2. The molecular formula is C12H11BrClNS. The molecule has 1 aromatic heterocycles. The molecule has 0 aliphatic carbocycles. The van der Waals surface area contributed by atoms with Crippen LogP contribution in [0.3, 0.4) is 0 Å². The molecule has 1 nitrogen and oxygen atoms in total. The molecule has 0 radical (unpaired) electrons. The van der Waals surface area contributed by atoms with Crippen LogP contribution in [0.5, 0.6) is 0 Å². The summed E-state index contributed by atoms with van der Waals surface area (Å²) in [5.41, 5.74) is 8.46. The molecule has 1 atom stereocenters. The largest absolute Gasteiger partial charge is 0.320 e. The topological polar surface area (TPSA) is 26.0 Å². The molecule has 2 rings (SSSR count). The van der Waals surface area contributed by atoms with Crippen LogP contribution in [-0.2, 0) is 0 Å². The van der Waals surface area contributed by atoms with Gasteiger partial charge in [0.15, 0.2) is 0 Å². The maximum absolute atomic E-state index is 6.19. The van der Waals surface area contributed by atoms with Crippen molar-refractivity contribution in [2.24, 2.45) is 5.73 Å². The minimum Gasteiger partial charge on any atom is -0.320 e. The minimum atomic E-state index is -0.149. The van der Waals surface area contributed by atoms with Crippen molar-refractivity contribution in [3.8, 4) is 0 Å². The number of rotatable bonds is 2. The third-order valence-corrected chi connectivity index (χ3v) is 4.78. The minimum absolute atomic E-state index is 0.149. The van der Waals surface area contributed by atoms with E-state index in [2.05, 4.69) is 35.0 Å². The SMILES string of the molecule is Cc1ccc(C(N)c2sccc2Cl)cc1Br. The Morgan fingerprint density at radius 3 is 2.69 bits per heavy atom. The fourth-order valence-corrected chi connectivity index (χ4v) is 3.08. The van der Waals surface area contributed by atoms with Crippen molar-refractivity contribution in [3.05, 3.63) is 55.1 Å². The summed E-state index contributed by atoms with van der Waals surface area (Å²) in [7, 11) is 0. The third kappa shape index (κ3) is 2.33. The van der Waals surface area contributed by atoms with E-state index in [1.807, 2.05) is 17.5 Å². The molecule has 0 aliphatic rings. The highest BCUT2D eigenvalue weighted by molar-refractivity contribution is 9.10. The van der Waals surface area contributed by atoms with Gasteiger partial charge in [-0.1, -0.05) is 39.7 Å². The lowest BCUT2D eigenvalue weighted by Gasteiger charge is -2.12. The van der Waals surface area contributed by atoms with Gasteiger partial charge >= 0.3 is 0 Å². The molecule has 0 saturated carbocycles. The lowest BCUT2D eigenvalue weighted by molar-refractivity contribution is 0.891. The molecule has 0 spiro atoms. The zero-order valence-corrected chi connectivity index (χ0v) is 11.9. The molecule has 84 valence electrons. The van der Waals surface area contributed by atoms with Gasteiger partial charge in [-0.05, 0) is 35.6 Å². The van der Waals surface area contributed by atoms with Crippen LogP contribution >= 0.6 is 38.9 Å². The quantitative estimate of drug-likeness (QED) is 0.866. The molecule has 1 heterocycles. The molecule has 1 aromatic carbocycles. The highest BCUT2D eigenvalue weighted by Crippen LogP contribution is 2.32. The predicted octanol–water partition coefficient (Wildman–Crippen LogP) is 4.52. The van der Waals surface area contributed by atoms with Crippen LogP contribution in [-0.4, -0.2) is 0 Å². The van der Waals surface area contributed by atoms with Crippen molar-refractivity contribution in [2.75, 3.05) is 0 Å². The first-order valence-corrected chi connectivity index (χ1v) is 6.89. The van der Waals surface area contributed by atoms with Gasteiger partial charge in [0.05, 0.1) is 11.1 Å². The van der Waals surface area contributed by atoms with Gasteiger partial charge in [0, 0.05) is 9.35 Å². The van der Waals surface area contributed by atoms with Crippen molar-refractivity contribution < 1.29 is 0 Å². The summed E-state index contributed by atoms with van der Waals surface area (Å²) in [5.74, 6) is 0. The molecular weight excluding hydrogens is 306 g/mol. The molecule has 0 saturated heterocycles. The van der Waals surface area contributed by atoms with Crippen LogP contribution in [0.15, 0.2) is 34.1 Å². The van der Waals surface area contributed by atoms with Crippen molar-refractivity contribution >= 4 is 38.9 Å². The monoisotopic (exact) mass is 315 g/mol. The van der Waals surface area contributed by atoms with Gasteiger partial charge < -0.3 is 5.73 Å². The normalized spacial score (nSPS) is 12.8. The van der Waals surface area contributed by atoms with Gasteiger partial charge in [0.1, 0.15) is 0 Å². The average Bonchev–Trinajstić information content (AvgIpc) is 2.67. The number of thiophene rings is 1. The Morgan fingerprint density at radius 1 is 1.38 bits per heavy atom. The Morgan fingerprint density at radius 2 is 2.12 bits per heavy atom. The zero-order valence-electron chi connectivity index (χ0n) is 8.71. The summed E-state index contributed by atoms with van der Waals surface area (Å²) < 4.78 is 1.08. The van der Waals surface area contributed by atoms with Gasteiger partial charge in [0.25, 0.3) is 0 Å². The number of halogens is 2. The standard InChI is InChI=1S/C12H11BrClNS/c1-7-2-3-8(6-9(7)13)11(15)12-10(14)4-5-16-12/h2-6,11H,15H2,1H3. The van der Waals surface area contributed by atoms with E-state index in [9.17, 15) is 0 Å². The van der Waals surface area contributed by atoms with Crippen LogP contribution < -0.4 is 5.73 Å². The molecule has 0 aliphatic heterocycles. The Labute approximate surface area is 112 Å². The van der Waals surface area contributed by atoms with Crippen LogP contribution in [0.1, 0.15) is 22.0 Å². The summed E-state index contributed by atoms with van der Waals surface area (Å²) in [5, 5.41) is 2.70. The maximum Gasteiger partial charge on any atom is 0.0661 e. The van der Waals surface area contributed by atoms with Crippen molar-refractivity contribution in [3.63, 3.8) is 0 Å². The lowest BCUT2D eigenvalue weighted by Crippen LogP contribution is -2.10. The summed E-state index contributed by atoms with van der Waals surface area (Å²) in [6.45, 7) is 2.05. The van der Waals surface area contributed by atoms with Crippen LogP contribution in [0, 0.1) is 6.92 Å². The number of hydrogen-bond donors (Lipinski definition) is 1. The molecule has 0 fully saturated rings. The number of benzene rings is 1. The maximum atomic E-state index is 6.19. The Bertz CT molecular complexity index is 509. The van der Waals surface area contributed by atoms with Crippen molar-refractivity contribution in [1.82, 2.24) is 0 Å². The third-order valence-electron chi connectivity index (χ3n) is 2.48. The molecule has 0 amide bonds. The summed E-state index contributed by atoms with van der Waals surface area (Å²) in [6, 6.07) is 7.88. The van der Waals surface area contributed by atoms with E-state index in [4.69, 9.17) is 17.3 Å². The molecule has 16 heavy (non-hydrogen) atoms. The predicted molar refractivity (Wildman–Crippen MR) is 74.2 cm³/mol. The molecule has 1 unspecified atom stereocenters. The van der Waals surface area contributed by atoms with Crippen LogP contribution in [0.4, 0.5) is 0 Å². The van der Waals surface area contributed by atoms with E-state index in [-0.39, 0.29) is 6.04 Å². The summed E-state index contributed by atoms with van der Waals surface area (Å²) >= 11 is 11.2. The highest BCUT2D eigenvalue weighted by Gasteiger charge is 2.14. The van der Waals surface area contributed by atoms with Crippen molar-refractivity contribution in [1.29, 1.82) is 0 Å². The molecule has 2 N–H and O–H groups in total. The highest BCUT2D eigenvalue weighted by atomic mass is 79.9. The number of aryl methyl sites for hydroxylation is 1. The number of nitrogens with two attached hydrogens (primary N) is 1. The first-order chi connectivity index (χ1) is 7.59. The van der Waals surface area contributed by atoms with E-state index in [0.29, 0.717) is 0 Å². The van der Waals surface area contributed by atoms with Gasteiger partial charge in [-0.2, -0.15) is 0 Å². The van der Waals surface area contributed by atoms with Gasteiger partial charge in [-0.25, -0.2) is 0 Å². The van der Waals surface area contributed by atoms with Gasteiger partial charge in [-0.15, -0.1) is 11.3 Å². The average molecular weight is 317 g/mol. The first kappa shape index (κ1) is 12.1. The smallest absolute Gasteiger partial charge is 0.0661 e. The van der Waals surface area contributed by atoms with E-state index >= 15 is 0 Å². The summed E-state index contributed by atoms with van der Waals surface area (Å²) in [6.07, 6.45) is 0. The van der Waals surface area contributed by atoms with Crippen LogP contribution in [0.2, 0.25) is 5.02 Å². The molecule has 2 aromatic rings. The van der Waals surface area contributed by atoms with E-state index < -0.39 is 0 Å². The van der Waals surface area contributed by atoms with Gasteiger partial charge in [0.2, 0.25) is 0 Å². The van der Waals surface area contributed by atoms with E-state index in [0.717, 1.165) is 19.9 Å². The Kier molecular flexibility index (Phi) is 3.70. The van der Waals surface area contributed by atoms with E-state index in [1.54, 1.807) is 11.3 Å². The van der Waals surface area contributed by atoms with E-state index in [1.165, 1.54) is 5.56 Å². The summed E-state index contributed by atoms with van der Waals surface area (Å²) in [4.78, 5) is 1.01. The Balaban J connectivity index is 2.38. The Hall–Kier alpha value is -0.350. The second-order valence-corrected chi connectivity index (χ2v) is 5.83. The molecule has 0 bridgehead atoms. The van der Waals surface area contributed by atoms with Crippen molar-refractivity contribution in [2.45, 2.75) is 13.0 Å². The fourth-order valence-electron chi connectivity index (χ4n) is 1.48. The molecule has 4 heteroatoms. The van der Waals surface area contributed by atoms with Crippen LogP contribution in [0.25, 0.3) is 0 Å². The second-order valence-electron chi connectivity index (χ2n) is 3.62.